The van der Waals surface area contributed by atoms with Crippen molar-refractivity contribution < 1.29 is 28.3 Å². The number of carbonyl (C=O) groups is 3. The van der Waals surface area contributed by atoms with Crippen LogP contribution in [0.15, 0.2) is 41.0 Å². The van der Waals surface area contributed by atoms with Crippen LogP contribution < -0.4 is 20.1 Å². The average Bonchev–Trinajstić information content (AvgIpc) is 3.33. The Hall–Kier alpha value is -3.49. The first-order chi connectivity index (χ1) is 14.0. The SMILES string of the molecule is COc1ccc(CCN2C(=O)NC(CC(=O)NCc3ccco3)C2=O)cc1OC. The quantitative estimate of drug-likeness (QED) is 0.616. The summed E-state index contributed by atoms with van der Waals surface area (Å²) >= 11 is 0. The molecule has 0 spiro atoms. The Kier molecular flexibility index (Phi) is 6.38. The van der Waals surface area contributed by atoms with E-state index in [1.54, 1.807) is 38.5 Å². The molecule has 154 valence electrons. The Morgan fingerprint density at radius 2 is 2.00 bits per heavy atom. The molecule has 2 heterocycles. The van der Waals surface area contributed by atoms with Crippen LogP contribution in [0.3, 0.4) is 0 Å². The van der Waals surface area contributed by atoms with E-state index in [9.17, 15) is 14.4 Å². The molecule has 0 aliphatic carbocycles. The number of nitrogens with zero attached hydrogens (tertiary/aromatic N) is 1. The number of carbonyl (C=O) groups excluding carboxylic acids is 3. The van der Waals surface area contributed by atoms with E-state index < -0.39 is 18.0 Å². The maximum absolute atomic E-state index is 12.5. The van der Waals surface area contributed by atoms with E-state index in [1.165, 1.54) is 6.26 Å². The summed E-state index contributed by atoms with van der Waals surface area (Å²) in [7, 11) is 3.09. The summed E-state index contributed by atoms with van der Waals surface area (Å²) in [6.07, 6.45) is 1.84. The third-order valence-corrected chi connectivity index (χ3v) is 4.61. The molecule has 2 N–H and O–H groups in total. The van der Waals surface area contributed by atoms with Gasteiger partial charge in [0.15, 0.2) is 11.5 Å². The first-order valence-corrected chi connectivity index (χ1v) is 9.13. The minimum Gasteiger partial charge on any atom is -0.493 e. The molecule has 2 aromatic rings. The third-order valence-electron chi connectivity index (χ3n) is 4.61. The van der Waals surface area contributed by atoms with Gasteiger partial charge in [0, 0.05) is 6.54 Å². The average molecular weight is 401 g/mol. The molecule has 3 rings (SSSR count). The van der Waals surface area contributed by atoms with Crippen LogP contribution in [0.2, 0.25) is 0 Å². The van der Waals surface area contributed by atoms with Crippen molar-refractivity contribution in [3.63, 3.8) is 0 Å². The summed E-state index contributed by atoms with van der Waals surface area (Å²) in [5.41, 5.74) is 0.892. The van der Waals surface area contributed by atoms with Crippen molar-refractivity contribution in [3.05, 3.63) is 47.9 Å². The van der Waals surface area contributed by atoms with Crippen LogP contribution in [0.4, 0.5) is 4.79 Å². The number of ether oxygens (including phenoxy) is 2. The zero-order chi connectivity index (χ0) is 20.8. The number of methoxy groups -OCH3 is 2. The molecule has 29 heavy (non-hydrogen) atoms. The molecule has 1 unspecified atom stereocenters. The van der Waals surface area contributed by atoms with Gasteiger partial charge in [0.05, 0.1) is 33.4 Å². The summed E-state index contributed by atoms with van der Waals surface area (Å²) in [6.45, 7) is 0.425. The molecule has 1 aromatic heterocycles. The molecule has 9 nitrogen and oxygen atoms in total. The van der Waals surface area contributed by atoms with Gasteiger partial charge in [-0.25, -0.2) is 4.79 Å². The second kappa shape index (κ2) is 9.13. The van der Waals surface area contributed by atoms with Gasteiger partial charge in [0.2, 0.25) is 5.91 Å². The van der Waals surface area contributed by atoms with Gasteiger partial charge in [0.1, 0.15) is 11.8 Å². The van der Waals surface area contributed by atoms with Crippen molar-refractivity contribution in [2.75, 3.05) is 20.8 Å². The number of benzene rings is 1. The lowest BCUT2D eigenvalue weighted by Crippen LogP contribution is -2.36. The zero-order valence-electron chi connectivity index (χ0n) is 16.3. The fourth-order valence-corrected chi connectivity index (χ4v) is 3.06. The van der Waals surface area contributed by atoms with Gasteiger partial charge in [-0.1, -0.05) is 6.07 Å². The Morgan fingerprint density at radius 1 is 1.21 bits per heavy atom. The van der Waals surface area contributed by atoms with Gasteiger partial charge >= 0.3 is 6.03 Å². The Labute approximate surface area is 167 Å². The van der Waals surface area contributed by atoms with E-state index in [0.29, 0.717) is 23.7 Å². The lowest BCUT2D eigenvalue weighted by molar-refractivity contribution is -0.130. The minimum absolute atomic E-state index is 0.127. The lowest BCUT2D eigenvalue weighted by atomic mass is 10.1. The Bertz CT molecular complexity index is 880. The van der Waals surface area contributed by atoms with Crippen molar-refractivity contribution in [2.24, 2.45) is 0 Å². The Balaban J connectivity index is 1.53. The first kappa shape index (κ1) is 20.2. The summed E-state index contributed by atoms with van der Waals surface area (Å²) < 4.78 is 15.6. The Morgan fingerprint density at radius 3 is 2.69 bits per heavy atom. The molecule has 4 amide bonds. The number of furan rings is 1. The predicted octanol–water partition coefficient (Wildman–Crippen LogP) is 1.47. The van der Waals surface area contributed by atoms with Crippen LogP contribution in [0, 0.1) is 0 Å². The predicted molar refractivity (Wildman–Crippen MR) is 102 cm³/mol. The van der Waals surface area contributed by atoms with Crippen molar-refractivity contribution in [2.45, 2.75) is 25.4 Å². The van der Waals surface area contributed by atoms with Crippen LogP contribution in [0.1, 0.15) is 17.7 Å². The van der Waals surface area contributed by atoms with Gasteiger partial charge in [0.25, 0.3) is 5.91 Å². The molecule has 1 aromatic carbocycles. The highest BCUT2D eigenvalue weighted by Gasteiger charge is 2.38. The van der Waals surface area contributed by atoms with Gasteiger partial charge in [-0.05, 0) is 36.2 Å². The molecule has 0 saturated carbocycles. The standard InChI is InChI=1S/C20H23N3O6/c1-27-16-6-5-13(10-17(16)28-2)7-8-23-19(25)15(22-20(23)26)11-18(24)21-12-14-4-3-9-29-14/h3-6,9-10,15H,7-8,11-12H2,1-2H3,(H,21,24)(H,22,26). The fourth-order valence-electron chi connectivity index (χ4n) is 3.06. The van der Waals surface area contributed by atoms with E-state index in [2.05, 4.69) is 10.6 Å². The van der Waals surface area contributed by atoms with E-state index in [0.717, 1.165) is 10.5 Å². The molecule has 1 atom stereocenters. The second-order valence-corrected chi connectivity index (χ2v) is 6.49. The number of urea groups is 1. The van der Waals surface area contributed by atoms with Gasteiger partial charge in [-0.3, -0.25) is 14.5 Å². The number of amides is 4. The molecule has 1 saturated heterocycles. The molecular formula is C20H23N3O6. The third kappa shape index (κ3) is 4.87. The summed E-state index contributed by atoms with van der Waals surface area (Å²) in [5.74, 6) is 1.03. The van der Waals surface area contributed by atoms with Crippen LogP contribution in [0.25, 0.3) is 0 Å². The van der Waals surface area contributed by atoms with Crippen molar-refractivity contribution >= 4 is 17.8 Å². The van der Waals surface area contributed by atoms with Gasteiger partial charge in [-0.15, -0.1) is 0 Å². The van der Waals surface area contributed by atoms with Crippen LogP contribution in [0.5, 0.6) is 11.5 Å². The fraction of sp³-hybridized carbons (Fsp3) is 0.350. The van der Waals surface area contributed by atoms with Crippen LogP contribution in [-0.2, 0) is 22.6 Å². The molecule has 0 radical (unpaired) electrons. The topological polar surface area (TPSA) is 110 Å². The number of imide groups is 1. The number of nitrogens with one attached hydrogen (secondary N) is 2. The maximum Gasteiger partial charge on any atom is 0.324 e. The van der Waals surface area contributed by atoms with Crippen molar-refractivity contribution in [1.82, 2.24) is 15.5 Å². The monoisotopic (exact) mass is 401 g/mol. The van der Waals surface area contributed by atoms with E-state index in [-0.39, 0.29) is 25.4 Å². The van der Waals surface area contributed by atoms with Crippen LogP contribution in [-0.4, -0.2) is 49.6 Å². The second-order valence-electron chi connectivity index (χ2n) is 6.49. The molecule has 1 aliphatic heterocycles. The molecule has 0 bridgehead atoms. The highest BCUT2D eigenvalue weighted by molar-refractivity contribution is 6.05. The maximum atomic E-state index is 12.5. The molecule has 1 aliphatic rings. The van der Waals surface area contributed by atoms with Crippen LogP contribution >= 0.6 is 0 Å². The zero-order valence-corrected chi connectivity index (χ0v) is 16.3. The first-order valence-electron chi connectivity index (χ1n) is 9.13. The highest BCUT2D eigenvalue weighted by Crippen LogP contribution is 2.27. The largest absolute Gasteiger partial charge is 0.493 e. The van der Waals surface area contributed by atoms with E-state index >= 15 is 0 Å². The molecule has 1 fully saturated rings. The van der Waals surface area contributed by atoms with Crippen molar-refractivity contribution in [3.8, 4) is 11.5 Å². The highest BCUT2D eigenvalue weighted by atomic mass is 16.5. The normalized spacial score (nSPS) is 15.9. The summed E-state index contributed by atoms with van der Waals surface area (Å²) in [6, 6.07) is 7.50. The van der Waals surface area contributed by atoms with Crippen molar-refractivity contribution in [1.29, 1.82) is 0 Å². The van der Waals surface area contributed by atoms with Gasteiger partial charge < -0.3 is 24.5 Å². The molecular weight excluding hydrogens is 378 g/mol. The lowest BCUT2D eigenvalue weighted by Gasteiger charge is -2.14. The summed E-state index contributed by atoms with van der Waals surface area (Å²) in [4.78, 5) is 37.9. The van der Waals surface area contributed by atoms with E-state index in [1.807, 2.05) is 6.07 Å². The minimum atomic E-state index is -0.871. The molecule has 9 heteroatoms. The number of hydrogen-bond donors (Lipinski definition) is 2. The number of hydrogen-bond acceptors (Lipinski definition) is 6. The summed E-state index contributed by atoms with van der Waals surface area (Å²) in [5, 5.41) is 5.23. The number of rotatable bonds is 9. The smallest absolute Gasteiger partial charge is 0.324 e. The van der Waals surface area contributed by atoms with Gasteiger partial charge in [-0.2, -0.15) is 0 Å². The van der Waals surface area contributed by atoms with E-state index in [4.69, 9.17) is 13.9 Å².